The predicted molar refractivity (Wildman–Crippen MR) is 142 cm³/mol. The number of methoxy groups -OCH3 is 1. The van der Waals surface area contributed by atoms with Gasteiger partial charge in [0, 0.05) is 23.8 Å². The maximum Gasteiger partial charge on any atom is 0.242 e. The Kier molecular flexibility index (Phi) is 6.37. The van der Waals surface area contributed by atoms with Gasteiger partial charge in [-0.3, -0.25) is 9.69 Å². The molecule has 182 valence electrons. The van der Waals surface area contributed by atoms with E-state index >= 15 is 0 Å². The molecule has 4 nitrogen and oxygen atoms in total. The molecule has 0 N–H and O–H groups in total. The number of amides is 1. The maximum absolute atomic E-state index is 14.1. The van der Waals surface area contributed by atoms with Gasteiger partial charge in [-0.1, -0.05) is 68.5 Å². The standard InChI is InChI=1S/C31H35NO3/c1-8-29(2,3)31(6)24-16-12-13-17-26(24)32(28(31)33)23-18-19-27(25(20-23)30(4,5)34-7)35-21-22-14-10-9-11-15-22/h8-20H,1,21H2,2-7H3/t31-/m1/s1. The van der Waals surface area contributed by atoms with Crippen molar-refractivity contribution in [3.8, 4) is 5.75 Å². The van der Waals surface area contributed by atoms with Gasteiger partial charge >= 0.3 is 0 Å². The van der Waals surface area contributed by atoms with Gasteiger partial charge in [-0.15, -0.1) is 6.58 Å². The number of carbonyl (C=O) groups is 1. The summed E-state index contributed by atoms with van der Waals surface area (Å²) in [4.78, 5) is 16.0. The Balaban J connectivity index is 1.81. The normalized spacial score (nSPS) is 17.9. The largest absolute Gasteiger partial charge is 0.489 e. The van der Waals surface area contributed by atoms with Crippen molar-refractivity contribution in [3.05, 3.63) is 102 Å². The van der Waals surface area contributed by atoms with Crippen LogP contribution in [-0.2, 0) is 27.2 Å². The van der Waals surface area contributed by atoms with Gasteiger partial charge in [0.25, 0.3) is 0 Å². The molecular weight excluding hydrogens is 434 g/mol. The molecule has 1 amide bonds. The Bertz CT molecular complexity index is 1250. The Hall–Kier alpha value is -3.37. The van der Waals surface area contributed by atoms with Crippen LogP contribution >= 0.6 is 0 Å². The molecule has 35 heavy (non-hydrogen) atoms. The van der Waals surface area contributed by atoms with Crippen LogP contribution in [-0.4, -0.2) is 13.0 Å². The van der Waals surface area contributed by atoms with Crippen LogP contribution in [0.15, 0.2) is 85.5 Å². The molecule has 4 heteroatoms. The van der Waals surface area contributed by atoms with E-state index in [1.165, 1.54) is 0 Å². The van der Waals surface area contributed by atoms with E-state index in [0.717, 1.165) is 33.8 Å². The summed E-state index contributed by atoms with van der Waals surface area (Å²) in [5.74, 6) is 0.765. The predicted octanol–water partition coefficient (Wildman–Crippen LogP) is 7.30. The summed E-state index contributed by atoms with van der Waals surface area (Å²) in [5.41, 5.74) is 2.86. The third kappa shape index (κ3) is 4.06. The smallest absolute Gasteiger partial charge is 0.242 e. The fraction of sp³-hybridized carbons (Fsp3) is 0.323. The van der Waals surface area contributed by atoms with E-state index in [9.17, 15) is 4.79 Å². The minimum atomic E-state index is -0.745. The number of fused-ring (bicyclic) bond motifs is 1. The average molecular weight is 470 g/mol. The van der Waals surface area contributed by atoms with Crippen molar-refractivity contribution in [2.45, 2.75) is 52.2 Å². The number of carbonyl (C=O) groups excluding carboxylic acids is 1. The molecule has 0 spiro atoms. The van der Waals surface area contributed by atoms with Crippen LogP contribution in [0.3, 0.4) is 0 Å². The average Bonchev–Trinajstić information content (AvgIpc) is 3.11. The Morgan fingerprint density at radius 1 is 0.971 bits per heavy atom. The molecule has 1 aliphatic rings. The fourth-order valence-corrected chi connectivity index (χ4v) is 4.72. The molecule has 1 heterocycles. The van der Waals surface area contributed by atoms with Gasteiger partial charge < -0.3 is 9.47 Å². The number of nitrogens with zero attached hydrogens (tertiary/aromatic N) is 1. The number of para-hydroxylation sites is 1. The minimum Gasteiger partial charge on any atom is -0.489 e. The van der Waals surface area contributed by atoms with E-state index in [2.05, 4.69) is 26.5 Å². The molecule has 3 aromatic carbocycles. The van der Waals surface area contributed by atoms with Gasteiger partial charge in [0.2, 0.25) is 5.91 Å². The highest BCUT2D eigenvalue weighted by Gasteiger charge is 2.55. The third-order valence-corrected chi connectivity index (χ3v) is 7.73. The summed E-state index contributed by atoms with van der Waals surface area (Å²) in [6.45, 7) is 14.7. The molecule has 0 aliphatic carbocycles. The van der Waals surface area contributed by atoms with Crippen LogP contribution in [0.1, 0.15) is 51.3 Å². The Morgan fingerprint density at radius 3 is 2.29 bits per heavy atom. The van der Waals surface area contributed by atoms with Gasteiger partial charge in [-0.25, -0.2) is 0 Å². The number of anilines is 2. The minimum absolute atomic E-state index is 0.0303. The molecule has 0 aromatic heterocycles. The molecule has 1 atom stereocenters. The van der Waals surface area contributed by atoms with Gasteiger partial charge in [-0.05, 0) is 56.2 Å². The molecule has 0 bridgehead atoms. The van der Waals surface area contributed by atoms with E-state index in [4.69, 9.17) is 9.47 Å². The summed E-state index contributed by atoms with van der Waals surface area (Å²) < 4.78 is 12.1. The van der Waals surface area contributed by atoms with Crippen LogP contribution in [0.2, 0.25) is 0 Å². The molecule has 0 fully saturated rings. The van der Waals surface area contributed by atoms with E-state index in [1.807, 2.05) is 98.5 Å². The molecule has 1 aliphatic heterocycles. The summed E-state index contributed by atoms with van der Waals surface area (Å²) in [6, 6.07) is 24.0. The Labute approximate surface area is 209 Å². The summed E-state index contributed by atoms with van der Waals surface area (Å²) in [5, 5.41) is 0. The van der Waals surface area contributed by atoms with Crippen molar-refractivity contribution in [3.63, 3.8) is 0 Å². The molecule has 0 saturated carbocycles. The summed E-state index contributed by atoms with van der Waals surface area (Å²) >= 11 is 0. The SMILES string of the molecule is C=CC(C)(C)[C@@]1(C)C(=O)N(c2ccc(OCc3ccccc3)c(C(C)(C)OC)c2)c2ccccc21. The number of allylic oxidation sites excluding steroid dienone is 1. The maximum atomic E-state index is 14.1. The van der Waals surface area contributed by atoms with Gasteiger partial charge in [0.15, 0.2) is 0 Å². The molecular formula is C31H35NO3. The lowest BCUT2D eigenvalue weighted by Crippen LogP contribution is -2.46. The second kappa shape index (κ2) is 9.01. The highest BCUT2D eigenvalue weighted by atomic mass is 16.5. The highest BCUT2D eigenvalue weighted by Crippen LogP contribution is 2.54. The first kappa shape index (κ1) is 24.7. The summed E-state index contributed by atoms with van der Waals surface area (Å²) in [7, 11) is 1.69. The van der Waals surface area contributed by atoms with Gasteiger partial charge in [0.05, 0.1) is 16.7 Å². The number of rotatable bonds is 8. The van der Waals surface area contributed by atoms with E-state index in [1.54, 1.807) is 7.11 Å². The second-order valence-corrected chi connectivity index (χ2v) is 10.4. The number of hydrogen-bond donors (Lipinski definition) is 0. The Morgan fingerprint density at radius 2 is 1.63 bits per heavy atom. The second-order valence-electron chi connectivity index (χ2n) is 10.4. The number of benzene rings is 3. The van der Waals surface area contributed by atoms with Gasteiger partial charge in [-0.2, -0.15) is 0 Å². The van der Waals surface area contributed by atoms with Gasteiger partial charge in [0.1, 0.15) is 12.4 Å². The monoisotopic (exact) mass is 469 g/mol. The zero-order valence-corrected chi connectivity index (χ0v) is 21.6. The fourth-order valence-electron chi connectivity index (χ4n) is 4.72. The highest BCUT2D eigenvalue weighted by molar-refractivity contribution is 6.13. The van der Waals surface area contributed by atoms with Crippen molar-refractivity contribution < 1.29 is 14.3 Å². The van der Waals surface area contributed by atoms with Crippen molar-refractivity contribution in [1.29, 1.82) is 0 Å². The van der Waals surface area contributed by atoms with Crippen molar-refractivity contribution >= 4 is 17.3 Å². The molecule has 0 radical (unpaired) electrons. The zero-order chi connectivity index (χ0) is 25.4. The molecule has 3 aromatic rings. The first-order chi connectivity index (χ1) is 16.6. The van der Waals surface area contributed by atoms with Crippen LogP contribution in [0, 0.1) is 5.41 Å². The lowest BCUT2D eigenvalue weighted by molar-refractivity contribution is -0.124. The third-order valence-electron chi connectivity index (χ3n) is 7.73. The van der Waals surface area contributed by atoms with Crippen molar-refractivity contribution in [2.75, 3.05) is 12.0 Å². The van der Waals surface area contributed by atoms with Crippen LogP contribution in [0.5, 0.6) is 5.75 Å². The topological polar surface area (TPSA) is 38.8 Å². The lowest BCUT2D eigenvalue weighted by Gasteiger charge is -2.38. The van der Waals surface area contributed by atoms with E-state index in [-0.39, 0.29) is 5.91 Å². The van der Waals surface area contributed by atoms with Crippen LogP contribution in [0.25, 0.3) is 0 Å². The van der Waals surface area contributed by atoms with Crippen LogP contribution in [0.4, 0.5) is 11.4 Å². The molecule has 0 saturated heterocycles. The zero-order valence-electron chi connectivity index (χ0n) is 21.6. The molecule has 0 unspecified atom stereocenters. The van der Waals surface area contributed by atoms with E-state index in [0.29, 0.717) is 6.61 Å². The lowest BCUT2D eigenvalue weighted by atomic mass is 9.63. The quantitative estimate of drug-likeness (QED) is 0.325. The number of hydrogen-bond acceptors (Lipinski definition) is 3. The number of ether oxygens (including phenoxy) is 2. The van der Waals surface area contributed by atoms with Crippen LogP contribution < -0.4 is 9.64 Å². The van der Waals surface area contributed by atoms with Crippen molar-refractivity contribution in [1.82, 2.24) is 0 Å². The van der Waals surface area contributed by atoms with Crippen molar-refractivity contribution in [2.24, 2.45) is 5.41 Å². The first-order valence-electron chi connectivity index (χ1n) is 12.0. The molecule has 4 rings (SSSR count). The van der Waals surface area contributed by atoms with E-state index < -0.39 is 16.4 Å². The summed E-state index contributed by atoms with van der Waals surface area (Å²) in [6.07, 6.45) is 1.88. The first-order valence-corrected chi connectivity index (χ1v) is 12.0.